The Morgan fingerprint density at radius 3 is 2.95 bits per heavy atom. The van der Waals surface area contributed by atoms with Crippen LogP contribution in [0.15, 0.2) is 48.2 Å². The zero-order chi connectivity index (χ0) is 15.1. The lowest BCUT2D eigenvalue weighted by Crippen LogP contribution is -2.52. The van der Waals surface area contributed by atoms with Crippen molar-refractivity contribution in [2.75, 3.05) is 13.1 Å². The first-order chi connectivity index (χ1) is 10.8. The largest absolute Gasteiger partial charge is 0.387 e. The van der Waals surface area contributed by atoms with Crippen LogP contribution >= 0.6 is 0 Å². The molecule has 4 atom stereocenters. The highest BCUT2D eigenvalue weighted by molar-refractivity contribution is 5.82. The van der Waals surface area contributed by atoms with E-state index in [-0.39, 0.29) is 6.04 Å². The fraction of sp³-hybridized carbons (Fsp3) is 0.421. The number of fused-ring (bicyclic) bond motifs is 4. The number of aliphatic hydroxyl groups excluding tert-OH is 1. The summed E-state index contributed by atoms with van der Waals surface area (Å²) < 4.78 is 0. The zero-order valence-corrected chi connectivity index (χ0v) is 12.9. The van der Waals surface area contributed by atoms with Gasteiger partial charge in [-0.3, -0.25) is 9.88 Å². The molecule has 1 aromatic carbocycles. The van der Waals surface area contributed by atoms with E-state index >= 15 is 0 Å². The summed E-state index contributed by atoms with van der Waals surface area (Å²) in [7, 11) is 0. The van der Waals surface area contributed by atoms with Crippen molar-refractivity contribution < 1.29 is 5.11 Å². The van der Waals surface area contributed by atoms with E-state index in [1.165, 1.54) is 6.42 Å². The number of pyridine rings is 1. The molecule has 22 heavy (non-hydrogen) atoms. The van der Waals surface area contributed by atoms with Crippen LogP contribution in [-0.2, 0) is 0 Å². The lowest BCUT2D eigenvalue weighted by molar-refractivity contribution is -0.00340. The van der Waals surface area contributed by atoms with Gasteiger partial charge in [0.25, 0.3) is 0 Å². The average molecular weight is 294 g/mol. The van der Waals surface area contributed by atoms with E-state index in [1.807, 2.05) is 30.5 Å². The molecule has 1 unspecified atom stereocenters. The molecule has 2 aromatic rings. The van der Waals surface area contributed by atoms with Gasteiger partial charge in [0.15, 0.2) is 0 Å². The van der Waals surface area contributed by atoms with Gasteiger partial charge in [0.1, 0.15) is 0 Å². The monoisotopic (exact) mass is 294 g/mol. The second kappa shape index (κ2) is 5.49. The summed E-state index contributed by atoms with van der Waals surface area (Å²) in [5, 5.41) is 12.1. The molecule has 0 radical (unpaired) electrons. The molecule has 3 saturated heterocycles. The first kappa shape index (κ1) is 13.9. The first-order valence-corrected chi connectivity index (χ1v) is 8.19. The quantitative estimate of drug-likeness (QED) is 0.863. The Kier molecular flexibility index (Phi) is 3.47. The molecular weight excluding hydrogens is 272 g/mol. The Bertz CT molecular complexity index is 719. The van der Waals surface area contributed by atoms with Crippen LogP contribution in [0.5, 0.6) is 0 Å². The molecule has 0 aliphatic carbocycles. The molecule has 1 aromatic heterocycles. The SMILES string of the molecule is C/C=C1\CN2CC[C@H]1C[C@H]2[C@@H](O)c1ccnc2ccccc12. The number of nitrogens with zero attached hydrogens (tertiary/aromatic N) is 2. The van der Waals surface area contributed by atoms with Gasteiger partial charge in [0.2, 0.25) is 0 Å². The molecule has 3 heteroatoms. The fourth-order valence-electron chi connectivity index (χ4n) is 4.18. The third-order valence-corrected chi connectivity index (χ3v) is 5.41. The Morgan fingerprint density at radius 2 is 2.18 bits per heavy atom. The topological polar surface area (TPSA) is 36.4 Å². The number of hydrogen-bond donors (Lipinski definition) is 1. The number of rotatable bonds is 2. The van der Waals surface area contributed by atoms with Crippen LogP contribution in [0.25, 0.3) is 10.9 Å². The van der Waals surface area contributed by atoms with E-state index in [2.05, 4.69) is 29.0 Å². The summed E-state index contributed by atoms with van der Waals surface area (Å²) in [6, 6.07) is 10.3. The minimum Gasteiger partial charge on any atom is -0.387 e. The molecule has 5 rings (SSSR count). The van der Waals surface area contributed by atoms with E-state index in [4.69, 9.17) is 0 Å². The van der Waals surface area contributed by atoms with Crippen LogP contribution < -0.4 is 0 Å². The van der Waals surface area contributed by atoms with Crippen LogP contribution in [0.2, 0.25) is 0 Å². The predicted octanol–water partition coefficient (Wildman–Crippen LogP) is 3.31. The molecule has 114 valence electrons. The lowest BCUT2D eigenvalue weighted by atomic mass is 9.76. The van der Waals surface area contributed by atoms with Crippen molar-refractivity contribution in [3.63, 3.8) is 0 Å². The van der Waals surface area contributed by atoms with Gasteiger partial charge in [-0.05, 0) is 49.9 Å². The predicted molar refractivity (Wildman–Crippen MR) is 88.5 cm³/mol. The highest BCUT2D eigenvalue weighted by atomic mass is 16.3. The number of benzene rings is 1. The van der Waals surface area contributed by atoms with Gasteiger partial charge < -0.3 is 5.11 Å². The fourth-order valence-corrected chi connectivity index (χ4v) is 4.18. The van der Waals surface area contributed by atoms with Crippen LogP contribution in [0.3, 0.4) is 0 Å². The maximum absolute atomic E-state index is 11.0. The summed E-state index contributed by atoms with van der Waals surface area (Å²) in [5.74, 6) is 0.655. The van der Waals surface area contributed by atoms with E-state index < -0.39 is 6.10 Å². The van der Waals surface area contributed by atoms with Crippen molar-refractivity contribution >= 4 is 10.9 Å². The van der Waals surface area contributed by atoms with Gasteiger partial charge in [-0.2, -0.15) is 0 Å². The van der Waals surface area contributed by atoms with Gasteiger partial charge in [-0.1, -0.05) is 29.8 Å². The Morgan fingerprint density at radius 1 is 1.32 bits per heavy atom. The molecule has 3 aliphatic rings. The van der Waals surface area contributed by atoms with Crippen LogP contribution in [0.4, 0.5) is 0 Å². The van der Waals surface area contributed by atoms with E-state index in [0.29, 0.717) is 5.92 Å². The lowest BCUT2D eigenvalue weighted by Gasteiger charge is -2.48. The Balaban J connectivity index is 1.68. The highest BCUT2D eigenvalue weighted by Gasteiger charge is 2.40. The van der Waals surface area contributed by atoms with Crippen LogP contribution in [0.1, 0.15) is 31.4 Å². The smallest absolute Gasteiger partial charge is 0.0952 e. The van der Waals surface area contributed by atoms with Crippen LogP contribution in [0, 0.1) is 5.92 Å². The molecule has 3 fully saturated rings. The molecular formula is C19H22N2O. The number of aromatic nitrogens is 1. The molecule has 2 bridgehead atoms. The summed E-state index contributed by atoms with van der Waals surface area (Å²) in [6.07, 6.45) is 5.95. The van der Waals surface area contributed by atoms with E-state index in [9.17, 15) is 5.11 Å². The summed E-state index contributed by atoms with van der Waals surface area (Å²) in [4.78, 5) is 6.86. The molecule has 4 heterocycles. The van der Waals surface area contributed by atoms with Gasteiger partial charge in [-0.25, -0.2) is 0 Å². The number of aliphatic hydroxyl groups is 1. The van der Waals surface area contributed by atoms with Crippen molar-refractivity contribution in [1.82, 2.24) is 9.88 Å². The maximum Gasteiger partial charge on any atom is 0.0952 e. The van der Waals surface area contributed by atoms with E-state index in [0.717, 1.165) is 36.0 Å². The molecule has 0 saturated carbocycles. The highest BCUT2D eigenvalue weighted by Crippen LogP contribution is 2.41. The van der Waals surface area contributed by atoms with Gasteiger partial charge in [-0.15, -0.1) is 0 Å². The van der Waals surface area contributed by atoms with E-state index in [1.54, 1.807) is 5.57 Å². The summed E-state index contributed by atoms with van der Waals surface area (Å²) in [6.45, 7) is 4.26. The Hall–Kier alpha value is -1.71. The number of piperidine rings is 3. The van der Waals surface area contributed by atoms with Crippen LogP contribution in [-0.4, -0.2) is 34.1 Å². The normalized spacial score (nSPS) is 30.8. The van der Waals surface area contributed by atoms with Crippen molar-refractivity contribution in [1.29, 1.82) is 0 Å². The molecule has 3 aliphatic heterocycles. The van der Waals surface area contributed by atoms with Gasteiger partial charge in [0.05, 0.1) is 11.6 Å². The van der Waals surface area contributed by atoms with Crippen molar-refractivity contribution in [2.24, 2.45) is 5.92 Å². The molecule has 3 nitrogen and oxygen atoms in total. The average Bonchev–Trinajstić information content (AvgIpc) is 2.60. The molecule has 0 spiro atoms. The van der Waals surface area contributed by atoms with Crippen molar-refractivity contribution in [3.8, 4) is 0 Å². The number of para-hydroxylation sites is 1. The minimum absolute atomic E-state index is 0.230. The Labute approximate surface area is 131 Å². The molecule has 0 amide bonds. The second-order valence-electron chi connectivity index (χ2n) is 6.48. The van der Waals surface area contributed by atoms with Crippen molar-refractivity contribution in [2.45, 2.75) is 31.9 Å². The van der Waals surface area contributed by atoms with Crippen molar-refractivity contribution in [3.05, 3.63) is 53.7 Å². The van der Waals surface area contributed by atoms with Gasteiger partial charge in [0, 0.05) is 24.2 Å². The maximum atomic E-state index is 11.0. The first-order valence-electron chi connectivity index (χ1n) is 8.19. The third-order valence-electron chi connectivity index (χ3n) is 5.41. The van der Waals surface area contributed by atoms with Gasteiger partial charge >= 0.3 is 0 Å². The summed E-state index contributed by atoms with van der Waals surface area (Å²) >= 11 is 0. The number of allylic oxidation sites excluding steroid dienone is 1. The summed E-state index contributed by atoms with van der Waals surface area (Å²) in [5.41, 5.74) is 3.53. The zero-order valence-electron chi connectivity index (χ0n) is 12.9. The third kappa shape index (κ3) is 2.16. The minimum atomic E-state index is -0.436. The number of hydrogen-bond acceptors (Lipinski definition) is 3. The second-order valence-corrected chi connectivity index (χ2v) is 6.48. The molecule has 1 N–H and O–H groups in total. The standard InChI is InChI=1S/C19H22N2O/c1-2-13-12-21-10-8-14(13)11-18(21)19(22)16-7-9-20-17-6-4-3-5-15(16)17/h2-7,9,14,18-19,22H,8,10-12H2,1H3/b13-2+/t14-,18-,19-/m0/s1.